The van der Waals surface area contributed by atoms with Gasteiger partial charge in [-0.25, -0.2) is 0 Å². The van der Waals surface area contributed by atoms with Crippen molar-refractivity contribution in [3.05, 3.63) is 36.0 Å². The fourth-order valence-electron chi connectivity index (χ4n) is 2.79. The number of aryl methyl sites for hydroxylation is 1. The Labute approximate surface area is 121 Å². The van der Waals surface area contributed by atoms with Gasteiger partial charge in [0.2, 0.25) is 0 Å². The van der Waals surface area contributed by atoms with Crippen LogP contribution in [0.3, 0.4) is 0 Å². The second-order valence-corrected chi connectivity index (χ2v) is 5.42. The summed E-state index contributed by atoms with van der Waals surface area (Å²) >= 11 is 0. The van der Waals surface area contributed by atoms with Gasteiger partial charge in [0.25, 0.3) is 0 Å². The number of aliphatic hydroxyl groups excluding tert-OH is 1. The minimum absolute atomic E-state index is 0.259. The molecule has 0 radical (unpaired) electrons. The first-order valence-corrected chi connectivity index (χ1v) is 7.62. The van der Waals surface area contributed by atoms with Crippen LogP contribution >= 0.6 is 0 Å². The maximum absolute atomic E-state index is 9.10. The number of aromatic nitrogens is 1. The number of benzene rings is 1. The fourth-order valence-corrected chi connectivity index (χ4v) is 2.79. The lowest BCUT2D eigenvalue weighted by molar-refractivity contribution is 0.167. The van der Waals surface area contributed by atoms with Gasteiger partial charge in [0.15, 0.2) is 0 Å². The number of nitrogens with zero attached hydrogens (tertiary/aromatic N) is 2. The van der Waals surface area contributed by atoms with Crippen LogP contribution < -0.4 is 0 Å². The molecule has 1 atom stereocenters. The van der Waals surface area contributed by atoms with Crippen molar-refractivity contribution < 1.29 is 5.11 Å². The van der Waals surface area contributed by atoms with Crippen molar-refractivity contribution >= 4 is 10.9 Å². The van der Waals surface area contributed by atoms with Crippen LogP contribution in [-0.2, 0) is 13.1 Å². The van der Waals surface area contributed by atoms with E-state index in [1.807, 2.05) is 0 Å². The highest BCUT2D eigenvalue weighted by Crippen LogP contribution is 2.19. The summed E-state index contributed by atoms with van der Waals surface area (Å²) in [6, 6.07) is 9.32. The largest absolute Gasteiger partial charge is 0.396 e. The van der Waals surface area contributed by atoms with Crippen molar-refractivity contribution in [1.29, 1.82) is 0 Å². The molecule has 0 saturated carbocycles. The molecule has 0 aliphatic carbocycles. The Bertz CT molecular complexity index is 547. The summed E-state index contributed by atoms with van der Waals surface area (Å²) in [5, 5.41) is 10.4. The van der Waals surface area contributed by atoms with Gasteiger partial charge in [0, 0.05) is 37.5 Å². The molecule has 0 fully saturated rings. The molecule has 110 valence electrons. The highest BCUT2D eigenvalue weighted by molar-refractivity contribution is 5.80. The summed E-state index contributed by atoms with van der Waals surface area (Å²) in [4.78, 5) is 2.41. The normalized spacial score (nSPS) is 13.2. The van der Waals surface area contributed by atoms with Crippen LogP contribution in [0.25, 0.3) is 10.9 Å². The zero-order chi connectivity index (χ0) is 14.5. The standard InChI is InChI=1S/C17H26N2O/c1-4-18-10-8-16-7-6-15(12-17(16)18)13-19(5-2)14(3)9-11-20/h6-8,10,12,14,20H,4-5,9,11,13H2,1-3H3. The van der Waals surface area contributed by atoms with Gasteiger partial charge in [-0.05, 0) is 49.9 Å². The monoisotopic (exact) mass is 274 g/mol. The van der Waals surface area contributed by atoms with Crippen molar-refractivity contribution in [3.63, 3.8) is 0 Å². The molecule has 0 saturated heterocycles. The van der Waals surface area contributed by atoms with E-state index >= 15 is 0 Å². The first-order valence-electron chi connectivity index (χ1n) is 7.62. The first-order chi connectivity index (χ1) is 9.69. The van der Waals surface area contributed by atoms with Gasteiger partial charge in [-0.1, -0.05) is 19.1 Å². The Morgan fingerprint density at radius 1 is 1.25 bits per heavy atom. The highest BCUT2D eigenvalue weighted by Gasteiger charge is 2.12. The first kappa shape index (κ1) is 15.1. The molecule has 1 aromatic carbocycles. The van der Waals surface area contributed by atoms with E-state index in [9.17, 15) is 0 Å². The molecule has 1 heterocycles. The van der Waals surface area contributed by atoms with E-state index in [2.05, 4.69) is 60.7 Å². The number of rotatable bonds is 7. The zero-order valence-electron chi connectivity index (χ0n) is 12.8. The van der Waals surface area contributed by atoms with Crippen molar-refractivity contribution in [1.82, 2.24) is 9.47 Å². The Morgan fingerprint density at radius 3 is 2.70 bits per heavy atom. The number of aliphatic hydroxyl groups is 1. The Hall–Kier alpha value is -1.32. The highest BCUT2D eigenvalue weighted by atomic mass is 16.3. The summed E-state index contributed by atoms with van der Waals surface area (Å²) in [5.41, 5.74) is 2.66. The van der Waals surface area contributed by atoms with E-state index in [0.29, 0.717) is 6.04 Å². The SMILES string of the molecule is CCN(Cc1ccc2ccn(CC)c2c1)C(C)CCO. The molecule has 0 spiro atoms. The second-order valence-electron chi connectivity index (χ2n) is 5.42. The van der Waals surface area contributed by atoms with Crippen LogP contribution in [0.15, 0.2) is 30.5 Å². The Balaban J connectivity index is 2.19. The second kappa shape index (κ2) is 6.91. The molecule has 2 rings (SSSR count). The van der Waals surface area contributed by atoms with Gasteiger partial charge >= 0.3 is 0 Å². The van der Waals surface area contributed by atoms with Gasteiger partial charge in [-0.2, -0.15) is 0 Å². The Morgan fingerprint density at radius 2 is 2.05 bits per heavy atom. The molecular formula is C17H26N2O. The molecule has 0 aliphatic rings. The summed E-state index contributed by atoms with van der Waals surface area (Å²) in [6.07, 6.45) is 2.99. The van der Waals surface area contributed by atoms with E-state index in [0.717, 1.165) is 26.1 Å². The van der Waals surface area contributed by atoms with E-state index in [1.165, 1.54) is 16.5 Å². The van der Waals surface area contributed by atoms with Crippen LogP contribution in [-0.4, -0.2) is 33.8 Å². The molecule has 2 aromatic rings. The van der Waals surface area contributed by atoms with E-state index in [4.69, 9.17) is 5.11 Å². The summed E-state index contributed by atoms with van der Waals surface area (Å²) in [6.45, 7) is 9.76. The third-order valence-corrected chi connectivity index (χ3v) is 4.14. The predicted octanol–water partition coefficient (Wildman–Crippen LogP) is 3.25. The summed E-state index contributed by atoms with van der Waals surface area (Å²) in [7, 11) is 0. The number of hydrogen-bond donors (Lipinski definition) is 1. The molecule has 20 heavy (non-hydrogen) atoms. The average Bonchev–Trinajstić information content (AvgIpc) is 2.87. The van der Waals surface area contributed by atoms with Crippen molar-refractivity contribution in [3.8, 4) is 0 Å². The van der Waals surface area contributed by atoms with Gasteiger partial charge in [0.05, 0.1) is 0 Å². The van der Waals surface area contributed by atoms with Crippen LogP contribution in [0.1, 0.15) is 32.8 Å². The summed E-state index contributed by atoms with van der Waals surface area (Å²) < 4.78 is 2.28. The van der Waals surface area contributed by atoms with Gasteiger partial charge < -0.3 is 9.67 Å². The van der Waals surface area contributed by atoms with Crippen LogP contribution in [0.2, 0.25) is 0 Å². The van der Waals surface area contributed by atoms with Gasteiger partial charge in [0.1, 0.15) is 0 Å². The molecule has 1 aromatic heterocycles. The third-order valence-electron chi connectivity index (χ3n) is 4.14. The zero-order valence-corrected chi connectivity index (χ0v) is 12.8. The van der Waals surface area contributed by atoms with Crippen molar-refractivity contribution in [2.75, 3.05) is 13.2 Å². The number of hydrogen-bond acceptors (Lipinski definition) is 2. The van der Waals surface area contributed by atoms with E-state index < -0.39 is 0 Å². The lowest BCUT2D eigenvalue weighted by atomic mass is 10.1. The topological polar surface area (TPSA) is 28.4 Å². The molecule has 0 amide bonds. The third kappa shape index (κ3) is 3.22. The predicted molar refractivity (Wildman–Crippen MR) is 84.9 cm³/mol. The minimum Gasteiger partial charge on any atom is -0.396 e. The van der Waals surface area contributed by atoms with Crippen LogP contribution in [0.5, 0.6) is 0 Å². The lowest BCUT2D eigenvalue weighted by Gasteiger charge is -2.27. The molecule has 3 heteroatoms. The smallest absolute Gasteiger partial charge is 0.0483 e. The van der Waals surface area contributed by atoms with Crippen molar-refractivity contribution in [2.45, 2.75) is 46.3 Å². The fraction of sp³-hybridized carbons (Fsp3) is 0.529. The van der Waals surface area contributed by atoms with E-state index in [-0.39, 0.29) is 6.61 Å². The van der Waals surface area contributed by atoms with Gasteiger partial charge in [-0.3, -0.25) is 4.90 Å². The van der Waals surface area contributed by atoms with Crippen molar-refractivity contribution in [2.24, 2.45) is 0 Å². The minimum atomic E-state index is 0.259. The summed E-state index contributed by atoms with van der Waals surface area (Å²) in [5.74, 6) is 0. The molecule has 0 bridgehead atoms. The molecule has 1 N–H and O–H groups in total. The quantitative estimate of drug-likeness (QED) is 0.839. The number of fused-ring (bicyclic) bond motifs is 1. The maximum Gasteiger partial charge on any atom is 0.0483 e. The molecular weight excluding hydrogens is 248 g/mol. The lowest BCUT2D eigenvalue weighted by Crippen LogP contribution is -2.33. The van der Waals surface area contributed by atoms with Crippen LogP contribution in [0.4, 0.5) is 0 Å². The molecule has 0 aliphatic heterocycles. The van der Waals surface area contributed by atoms with E-state index in [1.54, 1.807) is 0 Å². The molecule has 3 nitrogen and oxygen atoms in total. The average molecular weight is 274 g/mol. The van der Waals surface area contributed by atoms with Crippen LogP contribution in [0, 0.1) is 0 Å². The van der Waals surface area contributed by atoms with Gasteiger partial charge in [-0.15, -0.1) is 0 Å². The Kier molecular flexibility index (Phi) is 5.21. The molecule has 1 unspecified atom stereocenters. The maximum atomic E-state index is 9.10.